The van der Waals surface area contributed by atoms with Gasteiger partial charge in [0.2, 0.25) is 0 Å². The Kier molecular flexibility index (Phi) is 9.34. The van der Waals surface area contributed by atoms with Gasteiger partial charge >= 0.3 is 12.1 Å². The van der Waals surface area contributed by atoms with Crippen LogP contribution in [-0.2, 0) is 11.2 Å². The fourth-order valence-corrected chi connectivity index (χ4v) is 3.22. The first-order chi connectivity index (χ1) is 14.3. The number of hydrogen-bond acceptors (Lipinski definition) is 3. The van der Waals surface area contributed by atoms with E-state index in [1.165, 1.54) is 18.4 Å². The van der Waals surface area contributed by atoms with Crippen molar-refractivity contribution in [2.24, 2.45) is 5.92 Å². The van der Waals surface area contributed by atoms with E-state index in [1.807, 2.05) is 19.2 Å². The number of rotatable bonds is 11. The van der Waals surface area contributed by atoms with Crippen LogP contribution in [0, 0.1) is 5.92 Å². The lowest BCUT2D eigenvalue weighted by Crippen LogP contribution is -2.27. The molecule has 0 saturated heterocycles. The van der Waals surface area contributed by atoms with E-state index >= 15 is 0 Å². The van der Waals surface area contributed by atoms with Gasteiger partial charge in [-0.2, -0.15) is 13.2 Å². The fourth-order valence-electron chi connectivity index (χ4n) is 3.22. The number of esters is 1. The summed E-state index contributed by atoms with van der Waals surface area (Å²) in [6.07, 6.45) is 2.35. The summed E-state index contributed by atoms with van der Waals surface area (Å²) in [6.45, 7) is 3.99. The molecule has 0 radical (unpaired) electrons. The van der Waals surface area contributed by atoms with Crippen LogP contribution in [0.15, 0.2) is 42.6 Å². The number of nitrogens with zero attached hydrogens (tertiary/aromatic N) is 1. The molecule has 164 valence electrons. The third-order valence-electron chi connectivity index (χ3n) is 5.06. The molecule has 3 nitrogen and oxygen atoms in total. The number of aromatic nitrogens is 1. The maximum atomic E-state index is 13.1. The molecule has 30 heavy (non-hydrogen) atoms. The molecule has 2 aromatic rings. The normalized spacial score (nSPS) is 12.6. The average Bonchev–Trinajstić information content (AvgIpc) is 2.71. The summed E-state index contributed by atoms with van der Waals surface area (Å²) in [5.41, 5.74) is 2.84. The zero-order chi connectivity index (χ0) is 22.0. The first kappa shape index (κ1) is 23.9. The lowest BCUT2D eigenvalue weighted by molar-refractivity contribution is -0.183. The minimum absolute atomic E-state index is 0.0614. The number of alkyl halides is 3. The Morgan fingerprint density at radius 3 is 2.27 bits per heavy atom. The van der Waals surface area contributed by atoms with Gasteiger partial charge in [-0.15, -0.1) is 0 Å². The number of ether oxygens (including phenoxy) is 1. The molecular weight excluding hydrogens is 391 g/mol. The number of unbranched alkanes of at least 4 members (excludes halogenated alkanes) is 3. The van der Waals surface area contributed by atoms with Gasteiger partial charge in [0.05, 0.1) is 18.0 Å². The molecule has 1 heterocycles. The topological polar surface area (TPSA) is 39.2 Å². The highest BCUT2D eigenvalue weighted by molar-refractivity contribution is 5.73. The quantitative estimate of drug-likeness (QED) is 0.220. The van der Waals surface area contributed by atoms with E-state index in [0.717, 1.165) is 24.1 Å². The molecule has 0 fully saturated rings. The maximum absolute atomic E-state index is 13.1. The molecule has 0 saturated carbocycles. The summed E-state index contributed by atoms with van der Waals surface area (Å²) in [4.78, 5) is 16.5. The molecule has 1 unspecified atom stereocenters. The first-order valence-electron chi connectivity index (χ1n) is 10.7. The van der Waals surface area contributed by atoms with Gasteiger partial charge in [-0.1, -0.05) is 45.6 Å². The maximum Gasteiger partial charge on any atom is 0.392 e. The van der Waals surface area contributed by atoms with E-state index in [4.69, 9.17) is 4.74 Å². The lowest BCUT2D eigenvalue weighted by atomic mass is 9.98. The van der Waals surface area contributed by atoms with Gasteiger partial charge < -0.3 is 4.74 Å². The number of hydrogen-bond donors (Lipinski definition) is 0. The molecule has 0 aliphatic rings. The molecule has 2 rings (SSSR count). The monoisotopic (exact) mass is 421 g/mol. The summed E-state index contributed by atoms with van der Waals surface area (Å²) in [5.74, 6) is -2.30. The fraction of sp³-hybridized carbons (Fsp3) is 0.500. The Balaban J connectivity index is 1.94. The number of pyridine rings is 1. The van der Waals surface area contributed by atoms with E-state index in [-0.39, 0.29) is 12.2 Å². The van der Waals surface area contributed by atoms with Crippen molar-refractivity contribution in [3.8, 4) is 17.0 Å². The van der Waals surface area contributed by atoms with Crippen LogP contribution in [0.3, 0.4) is 0 Å². The second-order valence-corrected chi connectivity index (χ2v) is 7.59. The van der Waals surface area contributed by atoms with Crippen molar-refractivity contribution >= 4 is 5.97 Å². The SMILES string of the molecule is CCCCCc1ccc(-c2ccc(OC(=O)CC(CCCC)C(F)(F)F)cc2)nc1. The van der Waals surface area contributed by atoms with Crippen molar-refractivity contribution in [2.75, 3.05) is 0 Å². The summed E-state index contributed by atoms with van der Waals surface area (Å²) in [7, 11) is 0. The van der Waals surface area contributed by atoms with Gasteiger partial charge in [0.15, 0.2) is 0 Å². The van der Waals surface area contributed by atoms with Crippen molar-refractivity contribution in [3.05, 3.63) is 48.2 Å². The number of benzene rings is 1. The minimum atomic E-state index is -4.40. The highest BCUT2D eigenvalue weighted by atomic mass is 19.4. The van der Waals surface area contributed by atoms with Crippen LogP contribution in [-0.4, -0.2) is 17.1 Å². The predicted octanol–water partition coefficient (Wildman–Crippen LogP) is 7.15. The lowest BCUT2D eigenvalue weighted by Gasteiger charge is -2.19. The third-order valence-corrected chi connectivity index (χ3v) is 5.06. The summed E-state index contributed by atoms with van der Waals surface area (Å²) in [5, 5.41) is 0. The molecule has 0 spiro atoms. The number of carbonyl (C=O) groups is 1. The Morgan fingerprint density at radius 1 is 1.00 bits per heavy atom. The Labute approximate surface area is 176 Å². The van der Waals surface area contributed by atoms with Crippen molar-refractivity contribution in [1.29, 1.82) is 0 Å². The average molecular weight is 422 g/mol. The van der Waals surface area contributed by atoms with Crippen molar-refractivity contribution in [1.82, 2.24) is 4.98 Å². The van der Waals surface area contributed by atoms with E-state index in [9.17, 15) is 18.0 Å². The second kappa shape index (κ2) is 11.7. The van der Waals surface area contributed by atoms with E-state index < -0.39 is 24.5 Å². The molecule has 6 heteroatoms. The van der Waals surface area contributed by atoms with Crippen LogP contribution >= 0.6 is 0 Å². The zero-order valence-corrected chi connectivity index (χ0v) is 17.7. The van der Waals surface area contributed by atoms with Gasteiger partial charge in [0, 0.05) is 11.8 Å². The molecule has 0 bridgehead atoms. The predicted molar refractivity (Wildman–Crippen MR) is 112 cm³/mol. The van der Waals surface area contributed by atoms with Crippen LogP contribution in [0.25, 0.3) is 11.3 Å². The Hall–Kier alpha value is -2.37. The molecular formula is C24H30F3NO2. The van der Waals surface area contributed by atoms with E-state index in [1.54, 1.807) is 24.3 Å². The molecule has 1 aromatic heterocycles. The van der Waals surface area contributed by atoms with Crippen molar-refractivity contribution in [2.45, 2.75) is 71.4 Å². The molecule has 0 aliphatic carbocycles. The number of halogens is 3. The number of aryl methyl sites for hydroxylation is 1. The van der Waals surface area contributed by atoms with Crippen LogP contribution in [0.2, 0.25) is 0 Å². The van der Waals surface area contributed by atoms with E-state index in [0.29, 0.717) is 12.8 Å². The van der Waals surface area contributed by atoms with Crippen LogP contribution in [0.5, 0.6) is 5.75 Å². The Bertz CT molecular complexity index is 771. The van der Waals surface area contributed by atoms with Crippen molar-refractivity contribution in [3.63, 3.8) is 0 Å². The zero-order valence-electron chi connectivity index (χ0n) is 17.7. The summed E-state index contributed by atoms with van der Waals surface area (Å²) >= 11 is 0. The summed E-state index contributed by atoms with van der Waals surface area (Å²) in [6, 6.07) is 10.7. The van der Waals surface area contributed by atoms with Gasteiger partial charge in [-0.25, -0.2) is 0 Å². The van der Waals surface area contributed by atoms with Crippen LogP contribution < -0.4 is 4.74 Å². The number of carbonyl (C=O) groups excluding carboxylic acids is 1. The molecule has 0 N–H and O–H groups in total. The van der Waals surface area contributed by atoms with Crippen molar-refractivity contribution < 1.29 is 22.7 Å². The Morgan fingerprint density at radius 2 is 1.70 bits per heavy atom. The molecule has 0 amide bonds. The van der Waals surface area contributed by atoms with Gasteiger partial charge in [0.1, 0.15) is 5.75 Å². The van der Waals surface area contributed by atoms with Gasteiger partial charge in [-0.3, -0.25) is 9.78 Å². The third kappa shape index (κ3) is 7.81. The standard InChI is InChI=1S/C24H30F3NO2/c1-3-5-7-8-18-10-15-22(28-17-18)19-11-13-21(14-12-19)30-23(29)16-20(9-6-4-2)24(25,26)27/h10-15,17,20H,3-9,16H2,1-2H3. The first-order valence-corrected chi connectivity index (χ1v) is 10.7. The van der Waals surface area contributed by atoms with Gasteiger partial charge in [-0.05, 0) is 55.2 Å². The highest BCUT2D eigenvalue weighted by Crippen LogP contribution is 2.33. The van der Waals surface area contributed by atoms with Gasteiger partial charge in [0.25, 0.3) is 0 Å². The minimum Gasteiger partial charge on any atom is -0.427 e. The largest absolute Gasteiger partial charge is 0.427 e. The van der Waals surface area contributed by atoms with E-state index in [2.05, 4.69) is 18.0 Å². The van der Waals surface area contributed by atoms with Crippen LogP contribution in [0.1, 0.15) is 64.4 Å². The second-order valence-electron chi connectivity index (χ2n) is 7.59. The molecule has 0 aliphatic heterocycles. The smallest absolute Gasteiger partial charge is 0.392 e. The van der Waals surface area contributed by atoms with Crippen LogP contribution in [0.4, 0.5) is 13.2 Å². The highest BCUT2D eigenvalue weighted by Gasteiger charge is 2.40. The molecule has 1 atom stereocenters. The molecule has 1 aromatic carbocycles. The summed E-state index contributed by atoms with van der Waals surface area (Å²) < 4.78 is 44.4.